The van der Waals surface area contributed by atoms with E-state index in [-0.39, 0.29) is 0 Å². The van der Waals surface area contributed by atoms with Gasteiger partial charge in [0, 0.05) is 0 Å². The average molecular weight is 84.1 g/mol. The maximum Gasteiger partial charge on any atom is 0.214 e. The first-order valence-corrected chi connectivity index (χ1v) is 1.43. The summed E-state index contributed by atoms with van der Waals surface area (Å²) in [7, 11) is 0. The van der Waals surface area contributed by atoms with Crippen LogP contribution in [0.2, 0.25) is 0 Å². The van der Waals surface area contributed by atoms with Gasteiger partial charge < -0.3 is 0 Å². The Bertz CT molecular complexity index is 111. The highest BCUT2D eigenvalue weighted by Crippen LogP contribution is 1.89. The third-order valence-corrected chi connectivity index (χ3v) is 0.401. The van der Waals surface area contributed by atoms with E-state index in [2.05, 4.69) is 10.3 Å². The summed E-state index contributed by atoms with van der Waals surface area (Å²) in [6, 6.07) is 0. The van der Waals surface area contributed by atoms with Crippen molar-refractivity contribution in [3.8, 4) is 0 Å². The van der Waals surface area contributed by atoms with Gasteiger partial charge in [-0.3, -0.25) is 0 Å². The molecule has 30 valence electrons. The molecule has 0 atom stereocenters. The van der Waals surface area contributed by atoms with E-state index in [1.54, 1.807) is 0 Å². The Hall–Kier alpha value is -1.06. The average Bonchev–Trinajstić information content (AvgIpc) is 1.86. The summed E-state index contributed by atoms with van der Waals surface area (Å²) in [5, 5.41) is 6.25. The molecule has 1 heterocycles. The summed E-state index contributed by atoms with van der Waals surface area (Å²) in [6.07, 6.45) is 2.55. The molecule has 1 aliphatic rings. The van der Waals surface area contributed by atoms with Crippen molar-refractivity contribution in [1.29, 1.82) is 0 Å². The van der Waals surface area contributed by atoms with Gasteiger partial charge in [-0.25, -0.2) is 0 Å². The van der Waals surface area contributed by atoms with Crippen LogP contribution in [0, 0.1) is 4.91 Å². The second-order valence-corrected chi connectivity index (χ2v) is 0.806. The zero-order chi connectivity index (χ0) is 4.41. The van der Waals surface area contributed by atoms with E-state index in [1.807, 2.05) is 0 Å². The fourth-order valence-electron chi connectivity index (χ4n) is 0.197. The Labute approximate surface area is 33.7 Å². The van der Waals surface area contributed by atoms with E-state index in [0.29, 0.717) is 4.87 Å². The van der Waals surface area contributed by atoms with Gasteiger partial charge in [0.05, 0.1) is 5.11 Å². The molecule has 0 fully saturated rings. The highest BCUT2D eigenvalue weighted by Gasteiger charge is 2.00. The van der Waals surface area contributed by atoms with Crippen molar-refractivity contribution in [2.75, 3.05) is 0 Å². The normalized spacial score (nSPS) is 17.0. The number of nitroso groups, excluding NO2 is 1. The van der Waals surface area contributed by atoms with E-state index in [1.165, 1.54) is 12.4 Å². The second kappa shape index (κ2) is 0.965. The Balaban J connectivity index is 2.86. The lowest BCUT2D eigenvalue weighted by atomic mass is 11.0. The SMILES string of the molecule is O=[N+]1C=CN=N1. The molecule has 0 N–H and O–H groups in total. The molecule has 0 aromatic rings. The zero-order valence-corrected chi connectivity index (χ0v) is 2.90. The van der Waals surface area contributed by atoms with Crippen molar-refractivity contribution in [3.05, 3.63) is 17.3 Å². The van der Waals surface area contributed by atoms with Crippen molar-refractivity contribution in [3.63, 3.8) is 0 Å². The van der Waals surface area contributed by atoms with Crippen LogP contribution in [0.25, 0.3) is 0 Å². The van der Waals surface area contributed by atoms with Gasteiger partial charge in [0.15, 0.2) is 5.22 Å². The third-order valence-electron chi connectivity index (χ3n) is 0.401. The Kier molecular flexibility index (Phi) is 0.506. The molecule has 0 spiro atoms. The molecule has 0 saturated heterocycles. The summed E-state index contributed by atoms with van der Waals surface area (Å²) < 4.78 is 0. The lowest BCUT2D eigenvalue weighted by molar-refractivity contribution is -0.486. The number of hydrogen-bond donors (Lipinski definition) is 0. The molecule has 0 saturated carbocycles. The van der Waals surface area contributed by atoms with Gasteiger partial charge in [-0.15, -0.1) is 0 Å². The van der Waals surface area contributed by atoms with Crippen molar-refractivity contribution < 1.29 is 4.87 Å². The van der Waals surface area contributed by atoms with Gasteiger partial charge in [0.25, 0.3) is 0 Å². The summed E-state index contributed by atoms with van der Waals surface area (Å²) in [5.41, 5.74) is 0. The standard InChI is InChI=1S/C2H2N3O/c6-5-2-1-3-4-5/h1-2H/q+1. The van der Waals surface area contributed by atoms with Crippen molar-refractivity contribution >= 4 is 0 Å². The highest BCUT2D eigenvalue weighted by molar-refractivity contribution is 4.67. The molecule has 6 heavy (non-hydrogen) atoms. The van der Waals surface area contributed by atoms with Gasteiger partial charge >= 0.3 is 0 Å². The predicted octanol–water partition coefficient (Wildman–Crippen LogP) is 0.617. The van der Waals surface area contributed by atoms with Gasteiger partial charge in [-0.1, -0.05) is 0 Å². The fraction of sp³-hybridized carbons (Fsp3) is 0. The lowest BCUT2D eigenvalue weighted by Gasteiger charge is -1.53. The first-order chi connectivity index (χ1) is 2.89. The van der Waals surface area contributed by atoms with Crippen LogP contribution in [0.4, 0.5) is 0 Å². The van der Waals surface area contributed by atoms with Gasteiger partial charge in [-0.2, -0.15) is 0 Å². The van der Waals surface area contributed by atoms with Crippen LogP contribution >= 0.6 is 0 Å². The molecular formula is C2H2N3O+. The van der Waals surface area contributed by atoms with Crippen LogP contribution in [0.3, 0.4) is 0 Å². The van der Waals surface area contributed by atoms with Crippen LogP contribution in [-0.2, 0) is 0 Å². The predicted molar refractivity (Wildman–Crippen MR) is 17.6 cm³/mol. The number of nitrogens with zero attached hydrogens (tertiary/aromatic N) is 3. The van der Waals surface area contributed by atoms with E-state index < -0.39 is 0 Å². The minimum absolute atomic E-state index is 0.389. The highest BCUT2D eigenvalue weighted by atomic mass is 16.3. The molecular weight excluding hydrogens is 82.0 g/mol. The van der Waals surface area contributed by atoms with E-state index in [4.69, 9.17) is 0 Å². The van der Waals surface area contributed by atoms with Gasteiger partial charge in [0.2, 0.25) is 12.4 Å². The van der Waals surface area contributed by atoms with E-state index >= 15 is 0 Å². The summed E-state index contributed by atoms with van der Waals surface area (Å²) in [5.74, 6) is 0. The smallest absolute Gasteiger partial charge is 0.0354 e. The fourth-order valence-corrected chi connectivity index (χ4v) is 0.197. The van der Waals surface area contributed by atoms with Crippen LogP contribution in [0.1, 0.15) is 0 Å². The maximum atomic E-state index is 9.81. The quantitative estimate of drug-likeness (QED) is 0.397. The Morgan fingerprint density at radius 1 is 1.67 bits per heavy atom. The van der Waals surface area contributed by atoms with Crippen LogP contribution in [0.5, 0.6) is 0 Å². The van der Waals surface area contributed by atoms with Crippen molar-refractivity contribution in [2.45, 2.75) is 0 Å². The summed E-state index contributed by atoms with van der Waals surface area (Å²) in [4.78, 5) is 10.2. The largest absolute Gasteiger partial charge is 0.214 e. The molecule has 1 rings (SSSR count). The summed E-state index contributed by atoms with van der Waals surface area (Å²) in [6.45, 7) is 0. The van der Waals surface area contributed by atoms with Crippen LogP contribution in [-0.4, -0.2) is 4.87 Å². The molecule has 4 heteroatoms. The van der Waals surface area contributed by atoms with Crippen LogP contribution in [0.15, 0.2) is 22.7 Å². The third kappa shape index (κ3) is 0.314. The molecule has 4 nitrogen and oxygen atoms in total. The first-order valence-electron chi connectivity index (χ1n) is 1.43. The summed E-state index contributed by atoms with van der Waals surface area (Å²) >= 11 is 0. The van der Waals surface area contributed by atoms with E-state index in [9.17, 15) is 4.91 Å². The minimum atomic E-state index is 0.389. The van der Waals surface area contributed by atoms with Crippen molar-refractivity contribution in [2.24, 2.45) is 10.3 Å². The molecule has 0 unspecified atom stereocenters. The molecule has 0 aromatic heterocycles. The van der Waals surface area contributed by atoms with E-state index in [0.717, 1.165) is 0 Å². The van der Waals surface area contributed by atoms with Crippen molar-refractivity contribution in [1.82, 2.24) is 0 Å². The molecule has 0 radical (unpaired) electrons. The molecule has 0 aliphatic carbocycles. The monoisotopic (exact) mass is 84.0 g/mol. The topological polar surface area (TPSA) is 44.8 Å². The minimum Gasteiger partial charge on any atom is -0.0354 e. The molecule has 0 aromatic carbocycles. The second-order valence-electron chi connectivity index (χ2n) is 0.806. The van der Waals surface area contributed by atoms with Gasteiger partial charge in [0.1, 0.15) is 4.87 Å². The molecule has 0 amide bonds. The molecule has 1 aliphatic heterocycles. The number of hydrogen-bond acceptors (Lipinski definition) is 2. The molecule has 0 bridgehead atoms. The maximum absolute atomic E-state index is 9.81. The first kappa shape index (κ1) is 3.14. The number of rotatable bonds is 0. The Morgan fingerprint density at radius 3 is 2.67 bits per heavy atom. The lowest BCUT2D eigenvalue weighted by Crippen LogP contribution is -1.76. The zero-order valence-electron chi connectivity index (χ0n) is 2.90. The Morgan fingerprint density at radius 2 is 2.50 bits per heavy atom. The van der Waals surface area contributed by atoms with Gasteiger partial charge in [-0.05, 0) is 4.91 Å². The van der Waals surface area contributed by atoms with Crippen LogP contribution < -0.4 is 0 Å².